The molecule has 0 atom stereocenters. The molecule has 1 N–H and O–H groups in total. The lowest BCUT2D eigenvalue weighted by atomic mass is 10.1. The molecule has 0 saturated carbocycles. The first-order valence-electron chi connectivity index (χ1n) is 11.7. The molecule has 0 spiro atoms. The van der Waals surface area contributed by atoms with E-state index in [1.54, 1.807) is 10.9 Å². The lowest BCUT2D eigenvalue weighted by Gasteiger charge is -2.07. The first kappa shape index (κ1) is 23.7. The van der Waals surface area contributed by atoms with Crippen molar-refractivity contribution in [3.63, 3.8) is 0 Å². The molecule has 0 unspecified atom stereocenters. The molecule has 4 aromatic carbocycles. The summed E-state index contributed by atoms with van der Waals surface area (Å²) in [5.41, 5.74) is 7.05. The lowest BCUT2D eigenvalue weighted by molar-refractivity contribution is 0.0955. The molecule has 0 fully saturated rings. The fourth-order valence-electron chi connectivity index (χ4n) is 3.70. The van der Waals surface area contributed by atoms with Crippen molar-refractivity contribution in [3.8, 4) is 22.7 Å². The number of hydrogen-bond donors (Lipinski definition) is 1. The van der Waals surface area contributed by atoms with Crippen molar-refractivity contribution in [2.24, 2.45) is 5.10 Å². The standard InChI is InChI=1S/C30H23FN4O2/c31-26-15-11-24(12-16-26)30(36)33-32-19-25-20-35(27-9-5-2-6-10-27)34-29(25)23-13-17-28(18-14-23)37-21-22-7-3-1-4-8-22/h1-20H,21H2,(H,33,36)/b32-19+. The van der Waals surface area contributed by atoms with Crippen molar-refractivity contribution in [3.05, 3.63) is 138 Å². The minimum Gasteiger partial charge on any atom is -0.489 e. The number of benzene rings is 4. The highest BCUT2D eigenvalue weighted by Crippen LogP contribution is 2.25. The van der Waals surface area contributed by atoms with Gasteiger partial charge in [-0.25, -0.2) is 14.5 Å². The summed E-state index contributed by atoms with van der Waals surface area (Å²) in [5.74, 6) is -0.0976. The van der Waals surface area contributed by atoms with Gasteiger partial charge in [-0.2, -0.15) is 10.2 Å². The quantitative estimate of drug-likeness (QED) is 0.214. The summed E-state index contributed by atoms with van der Waals surface area (Å²) in [7, 11) is 0. The Kier molecular flexibility index (Phi) is 7.13. The molecule has 0 radical (unpaired) electrons. The number of nitrogens with zero attached hydrogens (tertiary/aromatic N) is 3. The molecular weight excluding hydrogens is 467 g/mol. The smallest absolute Gasteiger partial charge is 0.271 e. The normalized spacial score (nSPS) is 10.9. The summed E-state index contributed by atoms with van der Waals surface area (Å²) >= 11 is 0. The molecule has 0 bridgehead atoms. The van der Waals surface area contributed by atoms with Gasteiger partial charge in [0.25, 0.3) is 5.91 Å². The zero-order valence-electron chi connectivity index (χ0n) is 19.8. The monoisotopic (exact) mass is 490 g/mol. The minimum absolute atomic E-state index is 0.310. The number of hydrogen-bond acceptors (Lipinski definition) is 4. The van der Waals surface area contributed by atoms with Crippen LogP contribution in [0.1, 0.15) is 21.5 Å². The highest BCUT2D eigenvalue weighted by Gasteiger charge is 2.12. The first-order chi connectivity index (χ1) is 18.2. The highest BCUT2D eigenvalue weighted by molar-refractivity contribution is 5.95. The molecule has 5 aromatic rings. The third-order valence-electron chi connectivity index (χ3n) is 5.62. The molecule has 7 heteroatoms. The van der Waals surface area contributed by atoms with Gasteiger partial charge < -0.3 is 4.74 Å². The van der Waals surface area contributed by atoms with Crippen LogP contribution in [0.3, 0.4) is 0 Å². The molecule has 0 aliphatic rings. The van der Waals surface area contributed by atoms with Crippen molar-refractivity contribution in [1.29, 1.82) is 0 Å². The van der Waals surface area contributed by atoms with E-state index in [4.69, 9.17) is 9.84 Å². The second-order valence-corrected chi connectivity index (χ2v) is 8.22. The van der Waals surface area contributed by atoms with Gasteiger partial charge in [0.15, 0.2) is 0 Å². The fourth-order valence-corrected chi connectivity index (χ4v) is 3.70. The molecule has 1 heterocycles. The maximum atomic E-state index is 13.1. The van der Waals surface area contributed by atoms with Crippen LogP contribution in [0.15, 0.2) is 120 Å². The Morgan fingerprint density at radius 3 is 2.27 bits per heavy atom. The number of amides is 1. The number of carbonyl (C=O) groups is 1. The molecule has 1 aromatic heterocycles. The Bertz CT molecular complexity index is 1500. The van der Waals surface area contributed by atoms with Crippen LogP contribution in [-0.4, -0.2) is 21.9 Å². The van der Waals surface area contributed by atoms with Gasteiger partial charge in [0.2, 0.25) is 0 Å². The third kappa shape index (κ3) is 5.97. The summed E-state index contributed by atoms with van der Waals surface area (Å²) in [6, 6.07) is 32.6. The molecule has 6 nitrogen and oxygen atoms in total. The topological polar surface area (TPSA) is 68.5 Å². The summed E-state index contributed by atoms with van der Waals surface area (Å²) in [6.07, 6.45) is 3.39. The molecular formula is C30H23FN4O2. The number of carbonyl (C=O) groups excluding carboxylic acids is 1. The summed E-state index contributed by atoms with van der Waals surface area (Å²) in [4.78, 5) is 12.3. The lowest BCUT2D eigenvalue weighted by Crippen LogP contribution is -2.17. The number of nitrogens with one attached hydrogen (secondary N) is 1. The molecule has 1 amide bonds. The second-order valence-electron chi connectivity index (χ2n) is 8.22. The number of para-hydroxylation sites is 1. The SMILES string of the molecule is O=C(N/N=C/c1cn(-c2ccccc2)nc1-c1ccc(OCc2ccccc2)cc1)c1ccc(F)cc1. The number of hydrazone groups is 1. The number of rotatable bonds is 8. The third-order valence-corrected chi connectivity index (χ3v) is 5.62. The van der Waals surface area contributed by atoms with Crippen LogP contribution in [0.4, 0.5) is 4.39 Å². The van der Waals surface area contributed by atoms with Crippen molar-refractivity contribution in [2.45, 2.75) is 6.61 Å². The number of halogens is 1. The Hall–Kier alpha value is -5.04. The van der Waals surface area contributed by atoms with Crippen molar-refractivity contribution in [1.82, 2.24) is 15.2 Å². The molecule has 37 heavy (non-hydrogen) atoms. The minimum atomic E-state index is -0.437. The zero-order valence-corrected chi connectivity index (χ0v) is 19.8. The second kappa shape index (κ2) is 11.1. The van der Waals surface area contributed by atoms with E-state index in [9.17, 15) is 9.18 Å². The van der Waals surface area contributed by atoms with Crippen LogP contribution >= 0.6 is 0 Å². The Morgan fingerprint density at radius 2 is 1.57 bits per heavy atom. The van der Waals surface area contributed by atoms with Crippen molar-refractivity contribution >= 4 is 12.1 Å². The highest BCUT2D eigenvalue weighted by atomic mass is 19.1. The fraction of sp³-hybridized carbons (Fsp3) is 0.0333. The number of aromatic nitrogens is 2. The van der Waals surface area contributed by atoms with Crippen LogP contribution in [0, 0.1) is 5.82 Å². The molecule has 0 aliphatic heterocycles. The van der Waals surface area contributed by atoms with Gasteiger partial charge in [-0.05, 0) is 66.2 Å². The van der Waals surface area contributed by atoms with Crippen LogP contribution in [0.5, 0.6) is 5.75 Å². The van der Waals surface area contributed by atoms with Crippen molar-refractivity contribution in [2.75, 3.05) is 0 Å². The van der Waals surface area contributed by atoms with Gasteiger partial charge in [0.1, 0.15) is 23.9 Å². The van der Waals surface area contributed by atoms with Gasteiger partial charge >= 0.3 is 0 Å². The van der Waals surface area contributed by atoms with E-state index in [-0.39, 0.29) is 0 Å². The molecule has 0 aliphatic carbocycles. The van der Waals surface area contributed by atoms with E-state index in [1.807, 2.05) is 91.1 Å². The summed E-state index contributed by atoms with van der Waals surface area (Å²) in [5, 5.41) is 8.89. The van der Waals surface area contributed by atoms with E-state index in [0.717, 1.165) is 22.6 Å². The maximum absolute atomic E-state index is 13.1. The van der Waals surface area contributed by atoms with Crippen molar-refractivity contribution < 1.29 is 13.9 Å². The summed E-state index contributed by atoms with van der Waals surface area (Å²) < 4.78 is 20.8. The molecule has 182 valence electrons. The maximum Gasteiger partial charge on any atom is 0.271 e. The van der Waals surface area contributed by atoms with E-state index in [2.05, 4.69) is 10.5 Å². The largest absolute Gasteiger partial charge is 0.489 e. The predicted molar refractivity (Wildman–Crippen MR) is 141 cm³/mol. The van der Waals surface area contributed by atoms with Gasteiger partial charge in [-0.15, -0.1) is 0 Å². The van der Waals surface area contributed by atoms with Gasteiger partial charge in [0.05, 0.1) is 11.9 Å². The van der Waals surface area contributed by atoms with Gasteiger partial charge in [-0.1, -0.05) is 48.5 Å². The van der Waals surface area contributed by atoms with E-state index < -0.39 is 11.7 Å². The van der Waals surface area contributed by atoms with E-state index in [1.165, 1.54) is 24.3 Å². The molecule has 0 saturated heterocycles. The van der Waals surface area contributed by atoms with Gasteiger partial charge in [-0.3, -0.25) is 4.79 Å². The van der Waals surface area contributed by atoms with E-state index in [0.29, 0.717) is 23.4 Å². The average molecular weight is 491 g/mol. The van der Waals surface area contributed by atoms with Gasteiger partial charge in [0, 0.05) is 22.9 Å². The Labute approximate surface area is 213 Å². The zero-order chi connectivity index (χ0) is 25.5. The Balaban J connectivity index is 1.37. The predicted octanol–water partition coefficient (Wildman–Crippen LogP) is 6.02. The van der Waals surface area contributed by atoms with Crippen LogP contribution in [0.25, 0.3) is 16.9 Å². The molecule has 5 rings (SSSR count). The van der Waals surface area contributed by atoms with Crippen LogP contribution in [0.2, 0.25) is 0 Å². The summed E-state index contributed by atoms with van der Waals surface area (Å²) in [6.45, 7) is 0.481. The van der Waals surface area contributed by atoms with Crippen LogP contribution in [-0.2, 0) is 6.61 Å². The van der Waals surface area contributed by atoms with Crippen LogP contribution < -0.4 is 10.2 Å². The first-order valence-corrected chi connectivity index (χ1v) is 11.7. The average Bonchev–Trinajstić information content (AvgIpc) is 3.38. The van der Waals surface area contributed by atoms with E-state index >= 15 is 0 Å². The number of ether oxygens (including phenoxy) is 1. The Morgan fingerprint density at radius 1 is 0.892 bits per heavy atom.